The molecule has 31 heavy (non-hydrogen) atoms. The zero-order chi connectivity index (χ0) is 22.2. The SMILES string of the molecule is Cc1cc(C(=O)COC(=O)CN2CCS(=O)(=O)CC2)c(C)n1-c1ccc2c(c1)CCC2. The second-order valence-electron chi connectivity index (χ2n) is 8.44. The molecule has 166 valence electrons. The maximum atomic E-state index is 12.7. The average Bonchev–Trinajstić information content (AvgIpc) is 3.31. The molecule has 1 aromatic carbocycles. The third-order valence-electron chi connectivity index (χ3n) is 6.23. The van der Waals surface area contributed by atoms with Crippen molar-refractivity contribution in [3.05, 3.63) is 52.3 Å². The highest BCUT2D eigenvalue weighted by atomic mass is 32.2. The molecule has 4 rings (SSSR count). The fourth-order valence-electron chi connectivity index (χ4n) is 4.50. The summed E-state index contributed by atoms with van der Waals surface area (Å²) in [7, 11) is -3.00. The summed E-state index contributed by atoms with van der Waals surface area (Å²) >= 11 is 0. The summed E-state index contributed by atoms with van der Waals surface area (Å²) < 4.78 is 30.2. The molecule has 0 N–H and O–H groups in total. The van der Waals surface area contributed by atoms with Gasteiger partial charge >= 0.3 is 5.97 Å². The van der Waals surface area contributed by atoms with Gasteiger partial charge in [0.2, 0.25) is 5.78 Å². The maximum Gasteiger partial charge on any atom is 0.320 e. The number of esters is 1. The van der Waals surface area contributed by atoms with Crippen LogP contribution in [0.3, 0.4) is 0 Å². The predicted molar refractivity (Wildman–Crippen MR) is 118 cm³/mol. The van der Waals surface area contributed by atoms with Crippen molar-refractivity contribution in [2.75, 3.05) is 37.7 Å². The van der Waals surface area contributed by atoms with Gasteiger partial charge in [-0.15, -0.1) is 0 Å². The Bertz CT molecular complexity index is 1120. The molecule has 1 fully saturated rings. The topological polar surface area (TPSA) is 85.7 Å². The molecule has 2 heterocycles. The smallest absolute Gasteiger partial charge is 0.320 e. The molecule has 0 radical (unpaired) electrons. The van der Waals surface area contributed by atoms with Gasteiger partial charge in [-0.25, -0.2) is 8.42 Å². The standard InChI is InChI=1S/C23H28N2O5S/c1-16-12-21(17(2)25(16)20-7-6-18-4-3-5-19(18)13-20)22(26)15-30-23(27)14-24-8-10-31(28,29)11-9-24/h6-7,12-13H,3-5,8-11,14-15H2,1-2H3. The molecular weight excluding hydrogens is 416 g/mol. The van der Waals surface area contributed by atoms with E-state index >= 15 is 0 Å². The van der Waals surface area contributed by atoms with Crippen molar-refractivity contribution in [2.24, 2.45) is 0 Å². The van der Waals surface area contributed by atoms with Crippen molar-refractivity contribution in [1.29, 1.82) is 0 Å². The van der Waals surface area contributed by atoms with E-state index in [1.54, 1.807) is 4.90 Å². The summed E-state index contributed by atoms with van der Waals surface area (Å²) in [5.41, 5.74) is 6.16. The Kier molecular flexibility index (Phi) is 6.03. The first-order chi connectivity index (χ1) is 14.7. The van der Waals surface area contributed by atoms with Gasteiger partial charge in [-0.2, -0.15) is 0 Å². The van der Waals surface area contributed by atoms with E-state index in [0.29, 0.717) is 18.7 Å². The fourth-order valence-corrected chi connectivity index (χ4v) is 5.78. The highest BCUT2D eigenvalue weighted by molar-refractivity contribution is 7.91. The number of fused-ring (bicyclic) bond motifs is 1. The molecule has 0 amide bonds. The summed E-state index contributed by atoms with van der Waals surface area (Å²) in [5.74, 6) is -0.655. The van der Waals surface area contributed by atoms with E-state index in [1.165, 1.54) is 17.5 Å². The molecule has 1 aromatic heterocycles. The van der Waals surface area contributed by atoms with Crippen LogP contribution in [-0.4, -0.2) is 67.4 Å². The van der Waals surface area contributed by atoms with E-state index < -0.39 is 15.8 Å². The van der Waals surface area contributed by atoms with E-state index in [4.69, 9.17) is 4.74 Å². The van der Waals surface area contributed by atoms with Gasteiger partial charge < -0.3 is 9.30 Å². The second kappa shape index (κ2) is 8.59. The van der Waals surface area contributed by atoms with Crippen LogP contribution in [0.5, 0.6) is 0 Å². The molecule has 0 saturated carbocycles. The molecule has 0 spiro atoms. The lowest BCUT2D eigenvalue weighted by atomic mass is 10.1. The number of hydrogen-bond acceptors (Lipinski definition) is 6. The number of nitrogens with zero attached hydrogens (tertiary/aromatic N) is 2. The Morgan fingerprint density at radius 2 is 1.74 bits per heavy atom. The summed E-state index contributed by atoms with van der Waals surface area (Å²) in [5, 5.41) is 0. The number of rotatable bonds is 6. The van der Waals surface area contributed by atoms with Crippen molar-refractivity contribution < 1.29 is 22.7 Å². The van der Waals surface area contributed by atoms with Gasteiger partial charge in [0.25, 0.3) is 0 Å². The zero-order valence-electron chi connectivity index (χ0n) is 18.0. The largest absolute Gasteiger partial charge is 0.456 e. The van der Waals surface area contributed by atoms with Crippen molar-refractivity contribution in [3.63, 3.8) is 0 Å². The van der Waals surface area contributed by atoms with Crippen LogP contribution in [0, 0.1) is 13.8 Å². The van der Waals surface area contributed by atoms with E-state index in [9.17, 15) is 18.0 Å². The first kappa shape index (κ1) is 21.8. The van der Waals surface area contributed by atoms with Crippen LogP contribution in [0.25, 0.3) is 5.69 Å². The van der Waals surface area contributed by atoms with Gasteiger partial charge in [0, 0.05) is 35.7 Å². The molecule has 1 saturated heterocycles. The van der Waals surface area contributed by atoms with E-state index in [-0.39, 0.29) is 30.4 Å². The normalized spacial score (nSPS) is 18.0. The number of carbonyl (C=O) groups is 2. The molecule has 1 aliphatic heterocycles. The van der Waals surface area contributed by atoms with Crippen molar-refractivity contribution in [3.8, 4) is 5.69 Å². The Balaban J connectivity index is 1.39. The number of aryl methyl sites for hydroxylation is 3. The number of ketones is 1. The van der Waals surface area contributed by atoms with Gasteiger partial charge in [0.1, 0.15) is 0 Å². The fraction of sp³-hybridized carbons (Fsp3) is 0.478. The summed E-state index contributed by atoms with van der Waals surface area (Å²) in [6, 6.07) is 8.31. The molecule has 2 aliphatic rings. The Morgan fingerprint density at radius 3 is 2.48 bits per heavy atom. The molecule has 2 aromatic rings. The predicted octanol–water partition coefficient (Wildman–Crippen LogP) is 2.04. The van der Waals surface area contributed by atoms with Crippen LogP contribution in [0.1, 0.15) is 39.3 Å². The van der Waals surface area contributed by atoms with E-state index in [2.05, 4.69) is 22.8 Å². The van der Waals surface area contributed by atoms with Crippen molar-refractivity contribution >= 4 is 21.6 Å². The van der Waals surface area contributed by atoms with Crippen LogP contribution < -0.4 is 0 Å². The van der Waals surface area contributed by atoms with Crippen LogP contribution in [-0.2, 0) is 32.2 Å². The minimum atomic E-state index is -3.00. The second-order valence-corrected chi connectivity index (χ2v) is 10.7. The van der Waals surface area contributed by atoms with E-state index in [0.717, 1.165) is 29.9 Å². The number of carbonyl (C=O) groups excluding carboxylic acids is 2. The average molecular weight is 445 g/mol. The minimum Gasteiger partial charge on any atom is -0.456 e. The number of aromatic nitrogens is 1. The number of sulfone groups is 1. The number of ether oxygens (including phenoxy) is 1. The Morgan fingerprint density at radius 1 is 1.03 bits per heavy atom. The molecule has 0 bridgehead atoms. The Labute approximate surface area is 182 Å². The maximum absolute atomic E-state index is 12.7. The Hall–Kier alpha value is -2.45. The van der Waals surface area contributed by atoms with Gasteiger partial charge in [-0.3, -0.25) is 14.5 Å². The lowest BCUT2D eigenvalue weighted by Crippen LogP contribution is -2.43. The van der Waals surface area contributed by atoms with Crippen LogP contribution in [0.2, 0.25) is 0 Å². The lowest BCUT2D eigenvalue weighted by Gasteiger charge is -2.25. The molecule has 1 aliphatic carbocycles. The highest BCUT2D eigenvalue weighted by Crippen LogP contribution is 2.27. The molecule has 0 atom stereocenters. The van der Waals surface area contributed by atoms with Crippen molar-refractivity contribution in [2.45, 2.75) is 33.1 Å². The van der Waals surface area contributed by atoms with Gasteiger partial charge in [0.05, 0.1) is 18.1 Å². The first-order valence-corrected chi connectivity index (χ1v) is 12.5. The summed E-state index contributed by atoms with van der Waals surface area (Å²) in [4.78, 5) is 26.6. The number of Topliss-reactive ketones (excluding diaryl/α,β-unsaturated/α-hetero) is 1. The van der Waals surface area contributed by atoms with E-state index in [1.807, 2.05) is 19.9 Å². The van der Waals surface area contributed by atoms with Crippen LogP contribution >= 0.6 is 0 Å². The van der Waals surface area contributed by atoms with Crippen LogP contribution in [0.4, 0.5) is 0 Å². The molecule has 8 heteroatoms. The zero-order valence-corrected chi connectivity index (χ0v) is 18.8. The minimum absolute atomic E-state index is 0.00303. The molecule has 0 unspecified atom stereocenters. The van der Waals surface area contributed by atoms with Crippen molar-refractivity contribution in [1.82, 2.24) is 9.47 Å². The van der Waals surface area contributed by atoms with Gasteiger partial charge in [0.15, 0.2) is 16.4 Å². The molecular formula is C23H28N2O5S. The highest BCUT2D eigenvalue weighted by Gasteiger charge is 2.24. The monoisotopic (exact) mass is 444 g/mol. The third-order valence-corrected chi connectivity index (χ3v) is 7.83. The van der Waals surface area contributed by atoms with Gasteiger partial charge in [-0.05, 0) is 62.4 Å². The lowest BCUT2D eigenvalue weighted by molar-refractivity contribution is -0.143. The third kappa shape index (κ3) is 4.75. The summed E-state index contributed by atoms with van der Waals surface area (Å²) in [6.07, 6.45) is 3.40. The number of benzene rings is 1. The van der Waals surface area contributed by atoms with Crippen LogP contribution in [0.15, 0.2) is 24.3 Å². The quantitative estimate of drug-likeness (QED) is 0.501. The number of hydrogen-bond donors (Lipinski definition) is 0. The first-order valence-electron chi connectivity index (χ1n) is 10.7. The van der Waals surface area contributed by atoms with Gasteiger partial charge in [-0.1, -0.05) is 6.07 Å². The summed E-state index contributed by atoms with van der Waals surface area (Å²) in [6.45, 7) is 4.17. The molecule has 7 nitrogen and oxygen atoms in total.